The first kappa shape index (κ1) is 13.9. The second kappa shape index (κ2) is 8.56. The Bertz CT molecular complexity index is 443. The van der Waals surface area contributed by atoms with Gasteiger partial charge in [-0.15, -0.1) is 0 Å². The van der Waals surface area contributed by atoms with Crippen LogP contribution in [0.5, 0.6) is 0 Å². The predicted octanol–water partition coefficient (Wildman–Crippen LogP) is 1.03. The first-order valence-corrected chi connectivity index (χ1v) is 10.9. The Morgan fingerprint density at radius 1 is 1.28 bits per heavy atom. The number of hydrogen-bond acceptors (Lipinski definition) is 4. The van der Waals surface area contributed by atoms with Crippen LogP contribution in [0.3, 0.4) is 0 Å². The van der Waals surface area contributed by atoms with E-state index in [9.17, 15) is 19.2 Å². The Kier molecular flexibility index (Phi) is 6.61. The molecule has 1 unspecified atom stereocenters. The fraction of sp³-hybridized carbons (Fsp3) is 0.400. The summed E-state index contributed by atoms with van der Waals surface area (Å²) >= 11 is 4.24. The molecule has 100 valence electrons. The van der Waals surface area contributed by atoms with Crippen LogP contribution in [0.2, 0.25) is 0 Å². The van der Waals surface area contributed by atoms with Crippen LogP contribution in [0, 0.1) is 5.92 Å². The SMILES string of the molecule is II.[3H]C=C1CC(=O)NC1=O.[3H]CC1CC(=O)NC1=O. The van der Waals surface area contributed by atoms with Crippen molar-refractivity contribution < 1.29 is 21.9 Å². The molecule has 0 aromatic heterocycles. The van der Waals surface area contributed by atoms with Crippen LogP contribution in [0.1, 0.15) is 22.5 Å². The van der Waals surface area contributed by atoms with Crippen LogP contribution in [0.15, 0.2) is 12.1 Å². The number of hydrogen-bond donors (Lipinski definition) is 2. The van der Waals surface area contributed by atoms with Gasteiger partial charge in [-0.05, 0) is 0 Å². The molecule has 1 atom stereocenters. The van der Waals surface area contributed by atoms with Gasteiger partial charge in [-0.3, -0.25) is 29.8 Å². The molecule has 2 saturated heterocycles. The van der Waals surface area contributed by atoms with Crippen molar-refractivity contribution in [3.05, 3.63) is 12.1 Å². The second-order valence-electron chi connectivity index (χ2n) is 3.39. The van der Waals surface area contributed by atoms with Crippen molar-refractivity contribution >= 4 is 60.9 Å². The molecule has 0 aromatic rings. The highest BCUT2D eigenvalue weighted by molar-refractivity contribution is 15.0. The number of carbonyl (C=O) groups is 4. The van der Waals surface area contributed by atoms with Gasteiger partial charge in [0.25, 0.3) is 5.91 Å². The summed E-state index contributed by atoms with van der Waals surface area (Å²) < 4.78 is 13.5. The molecule has 2 rings (SSSR count). The zero-order chi connectivity index (χ0) is 15.7. The van der Waals surface area contributed by atoms with Crippen molar-refractivity contribution in [2.24, 2.45) is 5.92 Å². The van der Waals surface area contributed by atoms with E-state index < -0.39 is 11.8 Å². The van der Waals surface area contributed by atoms with Gasteiger partial charge in [0.05, 0.1) is 7.79 Å². The van der Waals surface area contributed by atoms with Gasteiger partial charge in [-0.2, -0.15) is 0 Å². The lowest BCUT2D eigenvalue weighted by molar-refractivity contribution is -0.126. The van der Waals surface area contributed by atoms with Crippen LogP contribution in [-0.2, 0) is 19.2 Å². The highest BCUT2D eigenvalue weighted by Gasteiger charge is 2.25. The summed E-state index contributed by atoms with van der Waals surface area (Å²) in [5.74, 6) is -1.70. The smallest absolute Gasteiger partial charge is 0.253 e. The average Bonchev–Trinajstić information content (AvgIpc) is 2.93. The summed E-state index contributed by atoms with van der Waals surface area (Å²) in [6.45, 7) is 0.914. The number of halogens is 2. The van der Waals surface area contributed by atoms with Crippen LogP contribution in [0.4, 0.5) is 0 Å². The van der Waals surface area contributed by atoms with Crippen molar-refractivity contribution in [3.8, 4) is 0 Å². The van der Waals surface area contributed by atoms with E-state index in [0.717, 1.165) is 6.55 Å². The van der Waals surface area contributed by atoms with E-state index in [-0.39, 0.29) is 43.0 Å². The highest BCUT2D eigenvalue weighted by Crippen LogP contribution is 2.07. The van der Waals surface area contributed by atoms with Gasteiger partial charge in [0.15, 0.2) is 0 Å². The molecule has 4 amide bonds. The second-order valence-corrected chi connectivity index (χ2v) is 3.39. The molecule has 18 heavy (non-hydrogen) atoms. The maximum Gasteiger partial charge on any atom is 0.253 e. The maximum absolute atomic E-state index is 10.6. The molecule has 2 aliphatic rings. The van der Waals surface area contributed by atoms with Crippen molar-refractivity contribution in [1.29, 1.82) is 0 Å². The lowest BCUT2D eigenvalue weighted by Gasteiger charge is -1.88. The number of carbonyl (C=O) groups excluding carboxylic acids is 4. The summed E-state index contributed by atoms with van der Waals surface area (Å²) in [5.41, 5.74) is 0.236. The summed E-state index contributed by atoms with van der Waals surface area (Å²) in [4.78, 5) is 41.8. The van der Waals surface area contributed by atoms with Gasteiger partial charge >= 0.3 is 0 Å². The third kappa shape index (κ3) is 5.89. The van der Waals surface area contributed by atoms with Crippen molar-refractivity contribution in [2.45, 2.75) is 19.7 Å². The third-order valence-corrected chi connectivity index (χ3v) is 1.96. The van der Waals surface area contributed by atoms with E-state index in [1.807, 2.05) is 0 Å². The lowest BCUT2D eigenvalue weighted by Crippen LogP contribution is -2.20. The van der Waals surface area contributed by atoms with Gasteiger partial charge in [0.1, 0.15) is 0 Å². The van der Waals surface area contributed by atoms with Crippen molar-refractivity contribution in [3.63, 3.8) is 0 Å². The van der Waals surface area contributed by atoms with Crippen LogP contribution in [-0.4, -0.2) is 23.6 Å². The molecule has 0 spiro atoms. The Hall–Kier alpha value is -0.520. The van der Waals surface area contributed by atoms with E-state index in [1.54, 1.807) is 0 Å². The summed E-state index contributed by atoms with van der Waals surface area (Å²) in [7, 11) is 0. The van der Waals surface area contributed by atoms with Crippen LogP contribution < -0.4 is 10.6 Å². The maximum atomic E-state index is 10.6. The Morgan fingerprint density at radius 3 is 2.17 bits per heavy atom. The average molecular weight is 482 g/mol. The molecular weight excluding hydrogens is 466 g/mol. The first-order valence-electron chi connectivity index (χ1n) is 5.95. The molecular formula is C10H12I2N2O4. The molecule has 6 nitrogen and oxygen atoms in total. The van der Waals surface area contributed by atoms with E-state index in [4.69, 9.17) is 2.74 Å². The van der Waals surface area contributed by atoms with E-state index in [1.165, 1.54) is 0 Å². The molecule has 0 radical (unpaired) electrons. The molecule has 2 fully saturated rings. The molecule has 2 heterocycles. The lowest BCUT2D eigenvalue weighted by atomic mass is 10.1. The third-order valence-electron chi connectivity index (χ3n) is 1.96. The molecule has 8 heteroatoms. The van der Waals surface area contributed by atoms with Gasteiger partial charge < -0.3 is 0 Å². The highest BCUT2D eigenvalue weighted by atomic mass is 128. The Morgan fingerprint density at radius 2 is 1.94 bits per heavy atom. The first-order chi connectivity index (χ1) is 9.47. The minimum atomic E-state index is -0.435. The number of imide groups is 2. The van der Waals surface area contributed by atoms with E-state index in [0.29, 0.717) is 0 Å². The standard InChI is InChI=1S/C5H7NO2.C5H5NO2.I2/c2*1-3-2-4(7)6-5(3)8;1-2/h3H,2H2,1H3,(H,6,7,8);1-2H2,(H,6,7,8);/i2*1T;. The largest absolute Gasteiger partial charge is 0.296 e. The monoisotopic (exact) mass is 482 g/mol. The van der Waals surface area contributed by atoms with Crippen molar-refractivity contribution in [2.75, 3.05) is 0 Å². The van der Waals surface area contributed by atoms with Gasteiger partial charge in [0, 0.05) is 56.5 Å². The fourth-order valence-electron chi connectivity index (χ4n) is 1.11. The summed E-state index contributed by atoms with van der Waals surface area (Å²) in [5, 5.41) is 4.17. The zero-order valence-corrected chi connectivity index (χ0v) is 13.5. The predicted molar refractivity (Wildman–Crippen MR) is 81.9 cm³/mol. The molecule has 0 bridgehead atoms. The molecule has 0 saturated carbocycles. The quantitative estimate of drug-likeness (QED) is 0.307. The number of amides is 4. The molecule has 0 aromatic carbocycles. The molecule has 0 aliphatic carbocycles. The van der Waals surface area contributed by atoms with E-state index in [2.05, 4.69) is 47.9 Å². The minimum Gasteiger partial charge on any atom is -0.296 e. The number of rotatable bonds is 0. The minimum absolute atomic E-state index is 0.0115. The van der Waals surface area contributed by atoms with Crippen LogP contribution >= 0.6 is 37.2 Å². The van der Waals surface area contributed by atoms with Gasteiger partial charge in [0.2, 0.25) is 17.7 Å². The van der Waals surface area contributed by atoms with Crippen LogP contribution in [0.25, 0.3) is 0 Å². The Balaban J connectivity index is 0.000000321. The van der Waals surface area contributed by atoms with E-state index >= 15 is 0 Å². The summed E-state index contributed by atoms with van der Waals surface area (Å²) in [6, 6.07) is 0. The molecule has 2 N–H and O–H groups in total. The summed E-state index contributed by atoms with van der Waals surface area (Å²) in [6.07, 6.45) is 0.255. The normalized spacial score (nSPS) is 25.2. The van der Waals surface area contributed by atoms with Gasteiger partial charge in [-0.25, -0.2) is 0 Å². The Labute approximate surface area is 130 Å². The zero-order valence-electron chi connectivity index (χ0n) is 11.2. The van der Waals surface area contributed by atoms with Crippen molar-refractivity contribution in [1.82, 2.24) is 10.6 Å². The molecule has 2 aliphatic heterocycles. The fourth-order valence-corrected chi connectivity index (χ4v) is 1.11. The topological polar surface area (TPSA) is 92.3 Å². The van der Waals surface area contributed by atoms with Gasteiger partial charge in [-0.1, -0.05) is 13.5 Å². The number of nitrogens with one attached hydrogen (secondary N) is 2.